The predicted octanol–water partition coefficient (Wildman–Crippen LogP) is 4.26. The molecule has 1 aliphatic heterocycles. The lowest BCUT2D eigenvalue weighted by atomic mass is 10.2. The summed E-state index contributed by atoms with van der Waals surface area (Å²) in [4.78, 5) is 25.0. The number of hydrogen-bond donors (Lipinski definition) is 0. The molecule has 1 saturated heterocycles. The Kier molecular flexibility index (Phi) is 6.35. The van der Waals surface area contributed by atoms with Gasteiger partial charge < -0.3 is 9.80 Å². The van der Waals surface area contributed by atoms with Crippen LogP contribution in [-0.2, 0) is 13.1 Å². The molecule has 180 valence electrons. The fourth-order valence-electron chi connectivity index (χ4n) is 3.89. The van der Waals surface area contributed by atoms with Gasteiger partial charge in [-0.3, -0.25) is 0 Å². The van der Waals surface area contributed by atoms with Crippen LogP contribution in [0.4, 0.5) is 13.6 Å². The van der Waals surface area contributed by atoms with E-state index >= 15 is 0 Å². The fraction of sp³-hybridized carbons (Fsp3) is 0.227. The topological polar surface area (TPSA) is 85.0 Å². The van der Waals surface area contributed by atoms with Gasteiger partial charge in [0.1, 0.15) is 24.3 Å². The molecule has 9 nitrogen and oxygen atoms in total. The molecule has 2 aromatic carbocycles. The summed E-state index contributed by atoms with van der Waals surface area (Å²) in [6, 6.07) is 8.43. The molecule has 13 heteroatoms. The number of amides is 2. The number of urea groups is 1. The first kappa shape index (κ1) is 23.2. The van der Waals surface area contributed by atoms with Crippen molar-refractivity contribution in [1.82, 2.24) is 39.3 Å². The molecule has 4 aromatic rings. The smallest absolute Gasteiger partial charge is 0.317 e. The minimum atomic E-state index is -0.574. The number of rotatable bonds is 6. The van der Waals surface area contributed by atoms with Crippen molar-refractivity contribution < 1.29 is 13.6 Å². The van der Waals surface area contributed by atoms with Crippen molar-refractivity contribution in [3.8, 4) is 11.4 Å². The van der Waals surface area contributed by atoms with E-state index in [1.165, 1.54) is 46.3 Å². The Morgan fingerprint density at radius 1 is 0.771 bits per heavy atom. The van der Waals surface area contributed by atoms with Gasteiger partial charge >= 0.3 is 6.03 Å². The molecule has 0 radical (unpaired) electrons. The van der Waals surface area contributed by atoms with E-state index in [1.807, 2.05) is 0 Å². The molecule has 35 heavy (non-hydrogen) atoms. The second-order valence-corrected chi connectivity index (χ2v) is 8.67. The van der Waals surface area contributed by atoms with Crippen LogP contribution in [0.15, 0.2) is 49.1 Å². The second-order valence-electron chi connectivity index (χ2n) is 7.85. The molecular weight excluding hydrogens is 501 g/mol. The van der Waals surface area contributed by atoms with Crippen molar-refractivity contribution in [3.05, 3.63) is 82.4 Å². The van der Waals surface area contributed by atoms with E-state index in [2.05, 4.69) is 20.2 Å². The predicted molar refractivity (Wildman–Crippen MR) is 123 cm³/mol. The minimum absolute atomic E-state index is 0.00598. The average molecular weight is 519 g/mol. The first-order valence-corrected chi connectivity index (χ1v) is 11.4. The summed E-state index contributed by atoms with van der Waals surface area (Å²) in [6.07, 6.45) is 3.42. The van der Waals surface area contributed by atoms with Gasteiger partial charge in [0.15, 0.2) is 11.6 Å². The zero-order chi connectivity index (χ0) is 24.5. The van der Waals surface area contributed by atoms with E-state index in [1.54, 1.807) is 21.9 Å². The molecule has 0 spiro atoms. The molecule has 0 bridgehead atoms. The quantitative estimate of drug-likeness (QED) is 0.380. The maximum absolute atomic E-state index is 13.9. The first-order valence-electron chi connectivity index (χ1n) is 10.6. The summed E-state index contributed by atoms with van der Waals surface area (Å²) < 4.78 is 30.8. The Balaban J connectivity index is 1.33. The SMILES string of the molecule is O=C1N(Cc2ncnn2-c2ccc(Cl)c(F)c2)CCCN1Cc1ncnn1-c1ccc(Cl)c(F)c1. The monoisotopic (exact) mass is 518 g/mol. The lowest BCUT2D eigenvalue weighted by Gasteiger charge is -2.35. The lowest BCUT2D eigenvalue weighted by Crippen LogP contribution is -2.48. The number of hydrogen-bond acceptors (Lipinski definition) is 5. The summed E-state index contributed by atoms with van der Waals surface area (Å²) in [6.45, 7) is 1.39. The first-order chi connectivity index (χ1) is 16.9. The Bertz CT molecular complexity index is 1290. The highest BCUT2D eigenvalue weighted by molar-refractivity contribution is 6.31. The molecule has 5 rings (SSSR count). The van der Waals surface area contributed by atoms with Crippen molar-refractivity contribution in [1.29, 1.82) is 0 Å². The molecule has 1 fully saturated rings. The van der Waals surface area contributed by atoms with Crippen LogP contribution in [0.25, 0.3) is 11.4 Å². The van der Waals surface area contributed by atoms with Crippen molar-refractivity contribution in [2.75, 3.05) is 13.1 Å². The Morgan fingerprint density at radius 2 is 1.23 bits per heavy atom. The maximum Gasteiger partial charge on any atom is 0.320 e. The molecule has 3 heterocycles. The Morgan fingerprint density at radius 3 is 1.66 bits per heavy atom. The molecule has 0 unspecified atom stereocenters. The van der Waals surface area contributed by atoms with Crippen LogP contribution in [0.1, 0.15) is 18.1 Å². The normalized spacial score (nSPS) is 14.1. The lowest BCUT2D eigenvalue weighted by molar-refractivity contribution is 0.120. The molecule has 0 atom stereocenters. The van der Waals surface area contributed by atoms with Crippen molar-refractivity contribution in [2.24, 2.45) is 0 Å². The molecule has 0 saturated carbocycles. The van der Waals surface area contributed by atoms with Gasteiger partial charge in [0.2, 0.25) is 0 Å². The van der Waals surface area contributed by atoms with Gasteiger partial charge in [-0.05, 0) is 30.7 Å². The Labute approximate surface area is 208 Å². The number of halogens is 4. The average Bonchev–Trinajstić information content (AvgIpc) is 3.50. The second kappa shape index (κ2) is 9.59. The third kappa shape index (κ3) is 4.69. The van der Waals surface area contributed by atoms with Crippen LogP contribution in [0.3, 0.4) is 0 Å². The largest absolute Gasteiger partial charge is 0.320 e. The number of nitrogens with zero attached hydrogens (tertiary/aromatic N) is 8. The van der Waals surface area contributed by atoms with Crippen molar-refractivity contribution in [3.63, 3.8) is 0 Å². The summed E-state index contributed by atoms with van der Waals surface area (Å²) in [5, 5.41) is 8.35. The van der Waals surface area contributed by atoms with Crippen LogP contribution in [0.2, 0.25) is 10.0 Å². The minimum Gasteiger partial charge on any atom is -0.317 e. The third-order valence-corrected chi connectivity index (χ3v) is 6.21. The highest BCUT2D eigenvalue weighted by Crippen LogP contribution is 2.22. The number of carbonyl (C=O) groups excluding carboxylic acids is 1. The van der Waals surface area contributed by atoms with Gasteiger partial charge in [0, 0.05) is 25.2 Å². The molecule has 0 N–H and O–H groups in total. The zero-order valence-electron chi connectivity index (χ0n) is 18.2. The molecular formula is C22H18Cl2F2N8O. The Hall–Kier alpha value is -3.57. The molecule has 2 amide bonds. The van der Waals surface area contributed by atoms with E-state index in [0.717, 1.165) is 6.42 Å². The van der Waals surface area contributed by atoms with Gasteiger partial charge in [-0.15, -0.1) is 0 Å². The zero-order valence-corrected chi connectivity index (χ0v) is 19.7. The van der Waals surface area contributed by atoms with Crippen LogP contribution >= 0.6 is 23.2 Å². The molecule has 0 aliphatic carbocycles. The maximum atomic E-state index is 13.9. The molecule has 1 aliphatic rings. The van der Waals surface area contributed by atoms with Crippen molar-refractivity contribution >= 4 is 29.2 Å². The van der Waals surface area contributed by atoms with Crippen LogP contribution in [0, 0.1) is 11.6 Å². The van der Waals surface area contributed by atoms with Crippen molar-refractivity contribution in [2.45, 2.75) is 19.5 Å². The number of carbonyl (C=O) groups is 1. The van der Waals surface area contributed by atoms with Gasteiger partial charge in [-0.2, -0.15) is 10.2 Å². The summed E-state index contributed by atoms with van der Waals surface area (Å²) in [5.41, 5.74) is 0.896. The van der Waals surface area contributed by atoms with Crippen LogP contribution in [0.5, 0.6) is 0 Å². The van der Waals surface area contributed by atoms with E-state index in [-0.39, 0.29) is 29.2 Å². The van der Waals surface area contributed by atoms with Gasteiger partial charge in [-0.1, -0.05) is 23.2 Å². The van der Waals surface area contributed by atoms with E-state index in [9.17, 15) is 13.6 Å². The van der Waals surface area contributed by atoms with Crippen LogP contribution < -0.4 is 0 Å². The van der Waals surface area contributed by atoms with E-state index in [0.29, 0.717) is 36.1 Å². The van der Waals surface area contributed by atoms with Gasteiger partial charge in [0.05, 0.1) is 34.5 Å². The highest BCUT2D eigenvalue weighted by Gasteiger charge is 2.28. The van der Waals surface area contributed by atoms with Crippen LogP contribution in [-0.4, -0.2) is 58.4 Å². The van der Waals surface area contributed by atoms with Gasteiger partial charge in [-0.25, -0.2) is 32.9 Å². The highest BCUT2D eigenvalue weighted by atomic mass is 35.5. The standard InChI is InChI=1S/C22H18Cl2F2N8O/c23-16-4-2-14(8-18(16)25)33-20(27-12-29-33)10-31-6-1-7-32(22(31)35)11-21-28-13-30-34(21)15-3-5-17(24)19(26)9-15/h2-5,8-9,12-13H,1,6-7,10-11H2. The number of aromatic nitrogens is 6. The van der Waals surface area contributed by atoms with Gasteiger partial charge in [0.25, 0.3) is 0 Å². The summed E-state index contributed by atoms with van der Waals surface area (Å²) in [5.74, 6) is -0.200. The summed E-state index contributed by atoms with van der Waals surface area (Å²) in [7, 11) is 0. The van der Waals surface area contributed by atoms with E-state index < -0.39 is 11.6 Å². The molecule has 2 aromatic heterocycles. The number of benzene rings is 2. The van der Waals surface area contributed by atoms with E-state index in [4.69, 9.17) is 23.2 Å². The fourth-order valence-corrected chi connectivity index (χ4v) is 4.13. The third-order valence-electron chi connectivity index (χ3n) is 5.59. The summed E-state index contributed by atoms with van der Waals surface area (Å²) >= 11 is 11.6.